The zero-order chi connectivity index (χ0) is 9.42. The average molecular weight is 338 g/mol. The second kappa shape index (κ2) is 3.93. The molecule has 2 aromatic rings. The molecule has 0 aliphatic rings. The van der Waals surface area contributed by atoms with Crippen molar-refractivity contribution in [3.8, 4) is 0 Å². The summed E-state index contributed by atoms with van der Waals surface area (Å²) in [5.41, 5.74) is 1.31. The van der Waals surface area contributed by atoms with Crippen molar-refractivity contribution >= 4 is 65.9 Å². The van der Waals surface area contributed by atoms with Crippen molar-refractivity contribution in [2.24, 2.45) is 0 Å². The van der Waals surface area contributed by atoms with Crippen LogP contribution in [0.25, 0.3) is 10.1 Å². The number of thiol groups is 1. The Morgan fingerprint density at radius 3 is 2.85 bits per heavy atom. The summed E-state index contributed by atoms with van der Waals surface area (Å²) >= 11 is 13.2. The molecule has 68 valence electrons. The minimum absolute atomic E-state index is 0.886. The summed E-state index contributed by atoms with van der Waals surface area (Å²) in [4.78, 5) is 1.05. The highest BCUT2D eigenvalue weighted by Crippen LogP contribution is 2.37. The van der Waals surface area contributed by atoms with E-state index in [0.29, 0.717) is 0 Å². The van der Waals surface area contributed by atoms with Gasteiger partial charge in [-0.3, -0.25) is 0 Å². The van der Waals surface area contributed by atoms with Crippen LogP contribution in [0.3, 0.4) is 0 Å². The summed E-state index contributed by atoms with van der Waals surface area (Å²) in [5, 5.41) is 4.32. The van der Waals surface area contributed by atoms with Gasteiger partial charge < -0.3 is 0 Å². The van der Waals surface area contributed by atoms with E-state index in [-0.39, 0.29) is 0 Å². The highest BCUT2D eigenvalue weighted by Gasteiger charge is 2.08. The Kier molecular flexibility index (Phi) is 3.03. The lowest BCUT2D eigenvalue weighted by atomic mass is 10.2. The predicted molar refractivity (Wildman–Crippen MR) is 69.4 cm³/mol. The number of rotatable bonds is 1. The molecule has 0 spiro atoms. The Morgan fingerprint density at radius 2 is 2.15 bits per heavy atom. The molecule has 0 saturated heterocycles. The molecule has 0 nitrogen and oxygen atoms in total. The molecule has 1 heterocycles. The van der Waals surface area contributed by atoms with Crippen molar-refractivity contribution in [3.05, 3.63) is 27.5 Å². The number of alkyl halides is 1. The van der Waals surface area contributed by atoms with Gasteiger partial charge in [0.1, 0.15) is 0 Å². The van der Waals surface area contributed by atoms with Crippen LogP contribution in [0.2, 0.25) is 0 Å². The van der Waals surface area contributed by atoms with Crippen molar-refractivity contribution in [1.29, 1.82) is 0 Å². The molecule has 0 N–H and O–H groups in total. The smallest absolute Gasteiger partial charge is 0.0499 e. The molecule has 0 saturated carbocycles. The summed E-state index contributed by atoms with van der Waals surface area (Å²) in [6.07, 6.45) is 0. The fourth-order valence-electron chi connectivity index (χ4n) is 1.26. The number of hydrogen-bond donors (Lipinski definition) is 1. The molecule has 4 heteroatoms. The molecule has 1 aromatic heterocycles. The zero-order valence-electron chi connectivity index (χ0n) is 6.55. The number of hydrogen-bond acceptors (Lipinski definition) is 2. The fourth-order valence-corrected chi connectivity index (χ4v) is 3.93. The largest absolute Gasteiger partial charge is 0.143 e. The lowest BCUT2D eigenvalue weighted by Gasteiger charge is -1.99. The highest BCUT2D eigenvalue weighted by molar-refractivity contribution is 9.10. The van der Waals surface area contributed by atoms with Gasteiger partial charge in [-0.05, 0) is 39.0 Å². The third kappa shape index (κ3) is 1.69. The van der Waals surface area contributed by atoms with Crippen molar-refractivity contribution < 1.29 is 0 Å². The Balaban J connectivity index is 2.87. The van der Waals surface area contributed by atoms with Gasteiger partial charge in [-0.1, -0.05) is 15.9 Å². The molecule has 0 radical (unpaired) electrons. The van der Waals surface area contributed by atoms with Crippen LogP contribution in [0.1, 0.15) is 5.56 Å². The van der Waals surface area contributed by atoms with E-state index in [2.05, 4.69) is 49.9 Å². The molecule has 0 unspecified atom stereocenters. The fraction of sp³-hybridized carbons (Fsp3) is 0.111. The van der Waals surface area contributed by atoms with Gasteiger partial charge in [-0.2, -0.15) is 0 Å². The van der Waals surface area contributed by atoms with Gasteiger partial charge in [0.2, 0.25) is 0 Å². The lowest BCUT2D eigenvalue weighted by molar-refractivity contribution is 1.47. The van der Waals surface area contributed by atoms with Crippen LogP contribution in [0.5, 0.6) is 0 Å². The second-order valence-electron chi connectivity index (χ2n) is 2.67. The second-order valence-corrected chi connectivity index (χ2v) is 5.44. The summed E-state index contributed by atoms with van der Waals surface area (Å²) in [5.74, 6) is 0. The molecule has 13 heavy (non-hydrogen) atoms. The van der Waals surface area contributed by atoms with Gasteiger partial charge in [-0.25, -0.2) is 0 Å². The van der Waals surface area contributed by atoms with E-state index < -0.39 is 0 Å². The third-order valence-electron chi connectivity index (χ3n) is 1.87. The van der Waals surface area contributed by atoms with Gasteiger partial charge in [0.15, 0.2) is 0 Å². The van der Waals surface area contributed by atoms with Gasteiger partial charge >= 0.3 is 0 Å². The normalized spacial score (nSPS) is 11.0. The maximum atomic E-state index is 4.45. The van der Waals surface area contributed by atoms with Crippen LogP contribution in [0.15, 0.2) is 26.9 Å². The van der Waals surface area contributed by atoms with Crippen LogP contribution in [-0.2, 0) is 5.33 Å². The molecular formula is C9H6Br2S2. The quantitative estimate of drug-likeness (QED) is 0.558. The van der Waals surface area contributed by atoms with Crippen LogP contribution < -0.4 is 0 Å². The lowest BCUT2D eigenvalue weighted by Crippen LogP contribution is -1.76. The number of benzene rings is 1. The first-order valence-electron chi connectivity index (χ1n) is 3.67. The number of fused-ring (bicyclic) bond motifs is 1. The van der Waals surface area contributed by atoms with E-state index >= 15 is 0 Å². The summed E-state index contributed by atoms with van der Waals surface area (Å²) in [6.45, 7) is 0. The molecular weight excluding hydrogens is 332 g/mol. The third-order valence-corrected chi connectivity index (χ3v) is 4.83. The van der Waals surface area contributed by atoms with E-state index in [9.17, 15) is 0 Å². The maximum Gasteiger partial charge on any atom is 0.0499 e. The highest BCUT2D eigenvalue weighted by atomic mass is 79.9. The SMILES string of the molecule is Sc1ccc(Br)c2scc(CBr)c12. The maximum absolute atomic E-state index is 4.45. The molecule has 0 aliphatic carbocycles. The Bertz CT molecular complexity index is 448. The molecule has 2 rings (SSSR count). The minimum Gasteiger partial charge on any atom is -0.143 e. The standard InChI is InChI=1S/C9H6Br2S2/c10-3-5-4-13-9-6(11)1-2-7(12)8(5)9/h1-2,4,12H,3H2. The monoisotopic (exact) mass is 336 g/mol. The molecule has 0 aliphatic heterocycles. The Labute approximate surface area is 103 Å². The van der Waals surface area contributed by atoms with E-state index in [0.717, 1.165) is 14.7 Å². The van der Waals surface area contributed by atoms with Crippen LogP contribution >= 0.6 is 55.8 Å². The minimum atomic E-state index is 0.886. The van der Waals surface area contributed by atoms with Gasteiger partial charge in [-0.15, -0.1) is 24.0 Å². The molecule has 0 amide bonds. The molecule has 0 fully saturated rings. The van der Waals surface area contributed by atoms with Crippen molar-refractivity contribution in [1.82, 2.24) is 0 Å². The van der Waals surface area contributed by atoms with E-state index in [1.54, 1.807) is 11.3 Å². The van der Waals surface area contributed by atoms with E-state index in [1.807, 2.05) is 12.1 Å². The van der Waals surface area contributed by atoms with Crippen molar-refractivity contribution in [2.75, 3.05) is 0 Å². The van der Waals surface area contributed by atoms with Crippen LogP contribution in [-0.4, -0.2) is 0 Å². The summed E-state index contributed by atoms with van der Waals surface area (Å²) in [7, 11) is 0. The molecule has 0 atom stereocenters. The first kappa shape index (κ1) is 10.0. The van der Waals surface area contributed by atoms with Gasteiger partial charge in [0, 0.05) is 24.8 Å². The summed E-state index contributed by atoms with van der Waals surface area (Å²) in [6, 6.07) is 4.06. The first-order chi connectivity index (χ1) is 6.24. The number of thiophene rings is 1. The summed E-state index contributed by atoms with van der Waals surface area (Å²) < 4.78 is 2.43. The predicted octanol–water partition coefficient (Wildman–Crippen LogP) is 4.85. The molecule has 0 bridgehead atoms. The van der Waals surface area contributed by atoms with Gasteiger partial charge in [0.25, 0.3) is 0 Å². The van der Waals surface area contributed by atoms with Gasteiger partial charge in [0.05, 0.1) is 0 Å². The van der Waals surface area contributed by atoms with Crippen molar-refractivity contribution in [2.45, 2.75) is 10.2 Å². The van der Waals surface area contributed by atoms with Crippen LogP contribution in [0, 0.1) is 0 Å². The zero-order valence-corrected chi connectivity index (χ0v) is 11.4. The number of halogens is 2. The first-order valence-corrected chi connectivity index (χ1v) is 6.91. The average Bonchev–Trinajstić information content (AvgIpc) is 2.56. The van der Waals surface area contributed by atoms with Crippen LogP contribution in [0.4, 0.5) is 0 Å². The Morgan fingerprint density at radius 1 is 1.38 bits per heavy atom. The molecule has 1 aromatic carbocycles. The van der Waals surface area contributed by atoms with Crippen molar-refractivity contribution in [3.63, 3.8) is 0 Å². The Hall–Kier alpha value is 0.490. The van der Waals surface area contributed by atoms with E-state index in [4.69, 9.17) is 0 Å². The topological polar surface area (TPSA) is 0 Å². The van der Waals surface area contributed by atoms with E-state index in [1.165, 1.54) is 15.6 Å².